The third-order valence-corrected chi connectivity index (χ3v) is 1.92. The molecule has 0 saturated heterocycles. The summed E-state index contributed by atoms with van der Waals surface area (Å²) in [6.45, 7) is 1.17. The fraction of sp³-hybridized carbons (Fsp3) is 0.889. The average molecular weight is 188 g/mol. The molecule has 0 aliphatic carbocycles. The Morgan fingerprint density at radius 3 is 2.38 bits per heavy atom. The Balaban J connectivity index is 3.01. The summed E-state index contributed by atoms with van der Waals surface area (Å²) < 4.78 is 4.55. The second kappa shape index (κ2) is 9.48. The number of ether oxygens (including phenoxy) is 1. The van der Waals surface area contributed by atoms with Gasteiger partial charge in [0, 0.05) is 0 Å². The van der Waals surface area contributed by atoms with Crippen molar-refractivity contribution in [2.45, 2.75) is 44.8 Å². The zero-order chi connectivity index (χ0) is 9.94. The lowest BCUT2D eigenvalue weighted by atomic mass is 10.1. The van der Waals surface area contributed by atoms with Gasteiger partial charge in [-0.3, -0.25) is 10.5 Å². The quantitative estimate of drug-likeness (QED) is 0.318. The lowest BCUT2D eigenvalue weighted by molar-refractivity contribution is -0.133. The predicted molar refractivity (Wildman–Crippen MR) is 51.9 cm³/mol. The summed E-state index contributed by atoms with van der Waals surface area (Å²) in [6.07, 6.45) is 5.94. The highest BCUT2D eigenvalue weighted by Crippen LogP contribution is 2.06. The number of rotatable bonds is 9. The minimum atomic E-state index is -0.424. The van der Waals surface area contributed by atoms with Crippen molar-refractivity contribution >= 4 is 6.47 Å². The molecule has 0 aromatic rings. The van der Waals surface area contributed by atoms with Crippen LogP contribution in [0, 0.1) is 0 Å². The van der Waals surface area contributed by atoms with E-state index >= 15 is 0 Å². The molecule has 0 aromatic heterocycles. The largest absolute Gasteiger partial charge is 0.449 e. The third kappa shape index (κ3) is 9.30. The van der Waals surface area contributed by atoms with Crippen LogP contribution in [0.1, 0.15) is 38.5 Å². The minimum absolute atomic E-state index is 0.402. The number of nitrogens with two attached hydrogens (primary N) is 2. The van der Waals surface area contributed by atoms with Crippen molar-refractivity contribution in [1.29, 1.82) is 0 Å². The summed E-state index contributed by atoms with van der Waals surface area (Å²) in [7, 11) is 0. The van der Waals surface area contributed by atoms with Gasteiger partial charge in [0.25, 0.3) is 6.47 Å². The van der Waals surface area contributed by atoms with Gasteiger partial charge in [0.2, 0.25) is 0 Å². The zero-order valence-electron chi connectivity index (χ0n) is 8.08. The summed E-state index contributed by atoms with van der Waals surface area (Å²) in [6, 6.07) is 0. The summed E-state index contributed by atoms with van der Waals surface area (Å²) >= 11 is 0. The molecule has 0 fully saturated rings. The first-order valence-corrected chi connectivity index (χ1v) is 4.86. The zero-order valence-corrected chi connectivity index (χ0v) is 8.08. The molecule has 0 bridgehead atoms. The second-order valence-corrected chi connectivity index (χ2v) is 3.12. The highest BCUT2D eigenvalue weighted by atomic mass is 16.5. The molecule has 1 atom stereocenters. The molecule has 0 saturated carbocycles. The summed E-state index contributed by atoms with van der Waals surface area (Å²) in [5, 5.41) is 0. The molecule has 0 aromatic carbocycles. The molecule has 4 nitrogen and oxygen atoms in total. The molecular formula is C9H20N2O2. The Hall–Kier alpha value is -0.610. The highest BCUT2D eigenvalue weighted by molar-refractivity contribution is 5.37. The summed E-state index contributed by atoms with van der Waals surface area (Å²) in [5.74, 6) is 0. The monoisotopic (exact) mass is 188 g/mol. The van der Waals surface area contributed by atoms with Crippen LogP contribution in [0.4, 0.5) is 0 Å². The highest BCUT2D eigenvalue weighted by Gasteiger charge is 2.00. The van der Waals surface area contributed by atoms with Crippen molar-refractivity contribution in [3.63, 3.8) is 0 Å². The maximum atomic E-state index is 9.87. The van der Waals surface area contributed by atoms with Crippen LogP contribution in [0.15, 0.2) is 0 Å². The van der Waals surface area contributed by atoms with Gasteiger partial charge in [0.15, 0.2) is 6.23 Å². The third-order valence-electron chi connectivity index (χ3n) is 1.92. The molecule has 0 radical (unpaired) electrons. The van der Waals surface area contributed by atoms with Gasteiger partial charge in [-0.2, -0.15) is 0 Å². The van der Waals surface area contributed by atoms with E-state index < -0.39 is 6.23 Å². The SMILES string of the molecule is NCCCCCCCC(N)OC=O. The number of unbranched alkanes of at least 4 members (excludes halogenated alkanes) is 4. The molecule has 4 N–H and O–H groups in total. The van der Waals surface area contributed by atoms with Crippen LogP contribution in [-0.4, -0.2) is 19.2 Å². The van der Waals surface area contributed by atoms with Crippen molar-refractivity contribution in [2.75, 3.05) is 6.54 Å². The minimum Gasteiger partial charge on any atom is -0.449 e. The molecule has 0 heterocycles. The van der Waals surface area contributed by atoms with Crippen LogP contribution in [0.3, 0.4) is 0 Å². The van der Waals surface area contributed by atoms with E-state index in [1.165, 1.54) is 12.8 Å². The molecule has 0 amide bonds. The van der Waals surface area contributed by atoms with Gasteiger partial charge in [-0.25, -0.2) is 0 Å². The standard InChI is InChI=1S/C9H20N2O2/c10-7-5-3-1-2-4-6-9(11)13-8-12/h8-9H,1-7,10-11H2. The van der Waals surface area contributed by atoms with Crippen molar-refractivity contribution in [1.82, 2.24) is 0 Å². The van der Waals surface area contributed by atoms with Gasteiger partial charge in [-0.05, 0) is 25.8 Å². The van der Waals surface area contributed by atoms with Crippen molar-refractivity contribution in [2.24, 2.45) is 11.5 Å². The van der Waals surface area contributed by atoms with E-state index in [4.69, 9.17) is 11.5 Å². The molecule has 0 rings (SSSR count). The number of carbonyl (C=O) groups is 1. The van der Waals surface area contributed by atoms with Crippen LogP contribution in [-0.2, 0) is 9.53 Å². The van der Waals surface area contributed by atoms with E-state index in [9.17, 15) is 4.79 Å². The van der Waals surface area contributed by atoms with Crippen molar-refractivity contribution in [3.8, 4) is 0 Å². The summed E-state index contributed by atoms with van der Waals surface area (Å²) in [5.41, 5.74) is 10.8. The Morgan fingerprint density at radius 2 is 1.77 bits per heavy atom. The fourth-order valence-electron chi connectivity index (χ4n) is 1.16. The molecular weight excluding hydrogens is 168 g/mol. The van der Waals surface area contributed by atoms with Gasteiger partial charge in [0.1, 0.15) is 0 Å². The van der Waals surface area contributed by atoms with Crippen molar-refractivity contribution in [3.05, 3.63) is 0 Å². The van der Waals surface area contributed by atoms with Gasteiger partial charge in [-0.15, -0.1) is 0 Å². The van der Waals surface area contributed by atoms with E-state index in [2.05, 4.69) is 4.74 Å². The Kier molecular flexibility index (Phi) is 9.03. The Bertz CT molecular complexity index is 120. The molecule has 0 spiro atoms. The van der Waals surface area contributed by atoms with Gasteiger partial charge >= 0.3 is 0 Å². The Labute approximate surface area is 79.6 Å². The molecule has 4 heteroatoms. The number of hydrogen-bond acceptors (Lipinski definition) is 4. The maximum Gasteiger partial charge on any atom is 0.294 e. The van der Waals surface area contributed by atoms with Crippen LogP contribution >= 0.6 is 0 Å². The van der Waals surface area contributed by atoms with Gasteiger partial charge in [-0.1, -0.05) is 19.3 Å². The van der Waals surface area contributed by atoms with E-state index in [1.807, 2.05) is 0 Å². The van der Waals surface area contributed by atoms with Gasteiger partial charge < -0.3 is 10.5 Å². The van der Waals surface area contributed by atoms with E-state index in [-0.39, 0.29) is 0 Å². The second-order valence-electron chi connectivity index (χ2n) is 3.12. The van der Waals surface area contributed by atoms with Crippen LogP contribution < -0.4 is 11.5 Å². The Morgan fingerprint density at radius 1 is 1.15 bits per heavy atom. The van der Waals surface area contributed by atoms with Crippen LogP contribution in [0.25, 0.3) is 0 Å². The lowest BCUT2D eigenvalue weighted by Crippen LogP contribution is -2.22. The topological polar surface area (TPSA) is 78.3 Å². The maximum absolute atomic E-state index is 9.87. The van der Waals surface area contributed by atoms with Gasteiger partial charge in [0.05, 0.1) is 0 Å². The number of hydrogen-bond donors (Lipinski definition) is 2. The molecule has 13 heavy (non-hydrogen) atoms. The van der Waals surface area contributed by atoms with E-state index in [1.54, 1.807) is 0 Å². The lowest BCUT2D eigenvalue weighted by Gasteiger charge is -2.08. The fourth-order valence-corrected chi connectivity index (χ4v) is 1.16. The van der Waals surface area contributed by atoms with E-state index in [0.29, 0.717) is 6.47 Å². The first kappa shape index (κ1) is 12.4. The predicted octanol–water partition coefficient (Wildman–Crippen LogP) is 0.744. The number of carbonyl (C=O) groups excluding carboxylic acids is 1. The van der Waals surface area contributed by atoms with E-state index in [0.717, 1.165) is 32.2 Å². The van der Waals surface area contributed by atoms with Crippen molar-refractivity contribution < 1.29 is 9.53 Å². The molecule has 0 aliphatic rings. The first-order chi connectivity index (χ1) is 6.31. The first-order valence-electron chi connectivity index (χ1n) is 4.86. The molecule has 78 valence electrons. The normalized spacial score (nSPS) is 12.5. The molecule has 1 unspecified atom stereocenters. The van der Waals surface area contributed by atoms with Crippen LogP contribution in [0.2, 0.25) is 0 Å². The van der Waals surface area contributed by atoms with Crippen LogP contribution in [0.5, 0.6) is 0 Å². The molecule has 0 aliphatic heterocycles. The summed E-state index contributed by atoms with van der Waals surface area (Å²) in [4.78, 5) is 9.87. The average Bonchev–Trinajstić information content (AvgIpc) is 2.11. The smallest absolute Gasteiger partial charge is 0.294 e.